The largest absolute Gasteiger partial charge is 0.255 e. The number of nitrogens with zero attached hydrogens (tertiary/aromatic N) is 2. The van der Waals surface area contributed by atoms with Gasteiger partial charge in [0.1, 0.15) is 0 Å². The average Bonchev–Trinajstić information content (AvgIpc) is 2.82. The number of aryl methyl sites for hydroxylation is 2. The van der Waals surface area contributed by atoms with Crippen molar-refractivity contribution in [2.45, 2.75) is 78.1 Å². The van der Waals surface area contributed by atoms with Crippen LogP contribution >= 0.6 is 0 Å². The summed E-state index contributed by atoms with van der Waals surface area (Å²) >= 11 is 0. The lowest BCUT2D eigenvalue weighted by atomic mass is 10.1. The Hall–Kier alpha value is -2.74. The number of allylic oxidation sites excluding steroid dienone is 4. The second-order valence-corrected chi connectivity index (χ2v) is 8.12. The van der Waals surface area contributed by atoms with Gasteiger partial charge >= 0.3 is 0 Å². The third kappa shape index (κ3) is 10.5. The molecule has 2 aromatic carbocycles. The zero-order valence-corrected chi connectivity index (χ0v) is 20.0. The Bertz CT molecular complexity index is 800. The SMILES string of the molecule is CCCCC=CCCc1ccccc1N=CC=Nc1ccccc1CCC=CCCCC. The molecule has 0 aliphatic heterocycles. The van der Waals surface area contributed by atoms with E-state index in [4.69, 9.17) is 0 Å². The smallest absolute Gasteiger partial charge is 0.0662 e. The molecule has 0 atom stereocenters. The van der Waals surface area contributed by atoms with Crippen molar-refractivity contribution in [3.05, 3.63) is 84.0 Å². The van der Waals surface area contributed by atoms with Gasteiger partial charge in [-0.15, -0.1) is 0 Å². The van der Waals surface area contributed by atoms with Crippen LogP contribution in [0.1, 0.15) is 76.3 Å². The first-order valence-corrected chi connectivity index (χ1v) is 12.4. The fraction of sp³-hybridized carbons (Fsp3) is 0.400. The van der Waals surface area contributed by atoms with E-state index < -0.39 is 0 Å². The minimum atomic E-state index is 1.02. The lowest BCUT2D eigenvalue weighted by molar-refractivity contribution is 0.811. The minimum absolute atomic E-state index is 1.02. The summed E-state index contributed by atoms with van der Waals surface area (Å²) in [6, 6.07) is 16.8. The van der Waals surface area contributed by atoms with Crippen LogP contribution in [0.15, 0.2) is 82.8 Å². The Kier molecular flexibility index (Phi) is 13.5. The highest BCUT2D eigenvalue weighted by Gasteiger charge is 1.99. The topological polar surface area (TPSA) is 24.7 Å². The highest BCUT2D eigenvalue weighted by molar-refractivity contribution is 6.17. The van der Waals surface area contributed by atoms with Crippen molar-refractivity contribution in [2.75, 3.05) is 0 Å². The first kappa shape index (κ1) is 25.5. The molecule has 2 aromatic rings. The normalized spacial score (nSPS) is 12.2. The second-order valence-electron chi connectivity index (χ2n) is 8.12. The molecule has 0 spiro atoms. The van der Waals surface area contributed by atoms with Crippen molar-refractivity contribution in [3.8, 4) is 0 Å². The average molecular weight is 429 g/mol. The zero-order chi connectivity index (χ0) is 22.7. The van der Waals surface area contributed by atoms with E-state index >= 15 is 0 Å². The van der Waals surface area contributed by atoms with Gasteiger partial charge in [-0.2, -0.15) is 0 Å². The summed E-state index contributed by atoms with van der Waals surface area (Å²) in [4.78, 5) is 9.35. The summed E-state index contributed by atoms with van der Waals surface area (Å²) in [6.07, 6.45) is 24.4. The summed E-state index contributed by atoms with van der Waals surface area (Å²) in [5.41, 5.74) is 4.64. The van der Waals surface area contributed by atoms with Crippen LogP contribution in [0.2, 0.25) is 0 Å². The molecule has 2 rings (SSSR count). The van der Waals surface area contributed by atoms with Crippen LogP contribution in [0.4, 0.5) is 11.4 Å². The molecular formula is C30H40N2. The van der Waals surface area contributed by atoms with Gasteiger partial charge in [-0.25, -0.2) is 0 Å². The second kappa shape index (κ2) is 16.9. The Morgan fingerprint density at radius 2 is 0.969 bits per heavy atom. The van der Waals surface area contributed by atoms with Crippen LogP contribution in [0.3, 0.4) is 0 Å². The summed E-state index contributed by atoms with van der Waals surface area (Å²) in [5, 5.41) is 0. The van der Waals surface area contributed by atoms with Crippen molar-refractivity contribution in [2.24, 2.45) is 9.98 Å². The lowest BCUT2D eigenvalue weighted by Gasteiger charge is -2.04. The Balaban J connectivity index is 1.91. The molecule has 0 aromatic heterocycles. The Morgan fingerprint density at radius 1 is 0.562 bits per heavy atom. The summed E-state index contributed by atoms with van der Waals surface area (Å²) in [7, 11) is 0. The molecule has 170 valence electrons. The lowest BCUT2D eigenvalue weighted by Crippen LogP contribution is -1.87. The van der Waals surface area contributed by atoms with Crippen molar-refractivity contribution in [3.63, 3.8) is 0 Å². The molecule has 32 heavy (non-hydrogen) atoms. The predicted molar refractivity (Wildman–Crippen MR) is 143 cm³/mol. The molecule has 0 fully saturated rings. The molecule has 0 saturated carbocycles. The summed E-state index contributed by atoms with van der Waals surface area (Å²) in [5.74, 6) is 0. The Morgan fingerprint density at radius 3 is 1.41 bits per heavy atom. The molecule has 0 heterocycles. The monoisotopic (exact) mass is 428 g/mol. The van der Waals surface area contributed by atoms with E-state index in [2.05, 4.69) is 84.5 Å². The van der Waals surface area contributed by atoms with Crippen LogP contribution in [0.25, 0.3) is 0 Å². The van der Waals surface area contributed by atoms with Gasteiger partial charge in [-0.1, -0.05) is 100 Å². The van der Waals surface area contributed by atoms with Crippen molar-refractivity contribution >= 4 is 23.8 Å². The fourth-order valence-corrected chi connectivity index (χ4v) is 3.52. The number of benzene rings is 2. The van der Waals surface area contributed by atoms with Gasteiger partial charge in [0.2, 0.25) is 0 Å². The van der Waals surface area contributed by atoms with E-state index in [1.54, 1.807) is 0 Å². The maximum absolute atomic E-state index is 4.67. The van der Waals surface area contributed by atoms with Gasteiger partial charge in [0.25, 0.3) is 0 Å². The molecule has 2 heteroatoms. The Labute approximate surface area is 195 Å². The van der Waals surface area contributed by atoms with Gasteiger partial charge in [-0.3, -0.25) is 9.98 Å². The van der Waals surface area contributed by atoms with E-state index in [9.17, 15) is 0 Å². The third-order valence-corrected chi connectivity index (χ3v) is 5.42. The van der Waals surface area contributed by atoms with Crippen LogP contribution in [-0.4, -0.2) is 12.4 Å². The molecule has 0 aliphatic carbocycles. The molecule has 0 aliphatic rings. The predicted octanol–water partition coefficient (Wildman–Crippen LogP) is 9.15. The molecule has 0 N–H and O–H groups in total. The molecule has 0 radical (unpaired) electrons. The van der Waals surface area contributed by atoms with E-state index in [0.29, 0.717) is 0 Å². The standard InChI is InChI=1S/C30H40N2/c1-3-5-7-9-11-13-19-27-21-15-17-23-29(27)31-25-26-32-30-24-18-16-22-28(30)20-14-12-10-8-6-4-2/h9-12,15-18,21-26H,3-8,13-14,19-20H2,1-2H3. The number of rotatable bonds is 15. The van der Waals surface area contributed by atoms with Gasteiger partial charge in [0.05, 0.1) is 11.4 Å². The van der Waals surface area contributed by atoms with Crippen molar-refractivity contribution < 1.29 is 0 Å². The summed E-state index contributed by atoms with van der Waals surface area (Å²) < 4.78 is 0. The first-order chi connectivity index (χ1) is 15.8. The number of unbranched alkanes of at least 4 members (excludes halogenated alkanes) is 4. The van der Waals surface area contributed by atoms with Gasteiger partial charge in [-0.05, 0) is 61.8 Å². The highest BCUT2D eigenvalue weighted by atomic mass is 14.8. The number of hydrogen-bond acceptors (Lipinski definition) is 2. The number of aliphatic imine (C=N–C) groups is 2. The molecule has 0 bridgehead atoms. The van der Waals surface area contributed by atoms with Crippen LogP contribution < -0.4 is 0 Å². The fourth-order valence-electron chi connectivity index (χ4n) is 3.52. The van der Waals surface area contributed by atoms with Crippen molar-refractivity contribution in [1.29, 1.82) is 0 Å². The molecule has 0 unspecified atom stereocenters. The maximum Gasteiger partial charge on any atom is 0.0662 e. The van der Waals surface area contributed by atoms with Crippen LogP contribution in [-0.2, 0) is 12.8 Å². The molecule has 0 amide bonds. The summed E-state index contributed by atoms with van der Waals surface area (Å²) in [6.45, 7) is 4.47. The molecule has 2 nitrogen and oxygen atoms in total. The van der Waals surface area contributed by atoms with Gasteiger partial charge in [0, 0.05) is 12.4 Å². The van der Waals surface area contributed by atoms with E-state index in [1.807, 2.05) is 24.6 Å². The quantitative estimate of drug-likeness (QED) is 0.153. The number of hydrogen-bond donors (Lipinski definition) is 0. The van der Waals surface area contributed by atoms with E-state index in [1.165, 1.54) is 49.7 Å². The van der Waals surface area contributed by atoms with Gasteiger partial charge < -0.3 is 0 Å². The van der Waals surface area contributed by atoms with Crippen molar-refractivity contribution in [1.82, 2.24) is 0 Å². The maximum atomic E-state index is 4.67. The zero-order valence-electron chi connectivity index (χ0n) is 20.0. The molecular weight excluding hydrogens is 388 g/mol. The highest BCUT2D eigenvalue weighted by Crippen LogP contribution is 2.21. The first-order valence-electron chi connectivity index (χ1n) is 12.4. The number of para-hydroxylation sites is 2. The van der Waals surface area contributed by atoms with Gasteiger partial charge in [0.15, 0.2) is 0 Å². The van der Waals surface area contributed by atoms with Crippen LogP contribution in [0, 0.1) is 0 Å². The third-order valence-electron chi connectivity index (χ3n) is 5.42. The van der Waals surface area contributed by atoms with Crippen LogP contribution in [0.5, 0.6) is 0 Å². The minimum Gasteiger partial charge on any atom is -0.255 e. The van der Waals surface area contributed by atoms with E-state index in [0.717, 1.165) is 37.1 Å². The van der Waals surface area contributed by atoms with E-state index in [-0.39, 0.29) is 0 Å². The molecule has 0 saturated heterocycles.